The average molecular weight is 194 g/mol. The van der Waals surface area contributed by atoms with Gasteiger partial charge in [0, 0.05) is 0 Å². The molecular weight excluding hydrogens is 188 g/mol. The Labute approximate surface area is 78.8 Å². The maximum absolute atomic E-state index is 9.12. The molecule has 0 radical (unpaired) electrons. The highest BCUT2D eigenvalue weighted by Crippen LogP contribution is 2.27. The number of ether oxygens (including phenoxy) is 1. The molecule has 4 nitrogen and oxygen atoms in total. The highest BCUT2D eigenvalue weighted by Gasteiger charge is 2.07. The van der Waals surface area contributed by atoms with Gasteiger partial charge in [-0.1, -0.05) is 18.2 Å². The summed E-state index contributed by atoms with van der Waals surface area (Å²) in [5, 5.41) is 9.12. The summed E-state index contributed by atoms with van der Waals surface area (Å²) in [6, 6.07) is 9.11. The molecule has 1 heterocycles. The van der Waals surface area contributed by atoms with Gasteiger partial charge in [0.05, 0.1) is 11.7 Å². The molecule has 0 atom stereocenters. The van der Waals surface area contributed by atoms with Crippen molar-refractivity contribution in [2.24, 2.45) is 0 Å². The third-order valence-corrected chi connectivity index (χ3v) is 1.90. The van der Waals surface area contributed by atoms with Crippen LogP contribution in [0.3, 0.4) is 0 Å². The van der Waals surface area contributed by atoms with Crippen LogP contribution in [0.1, 0.15) is 0 Å². The van der Waals surface area contributed by atoms with Gasteiger partial charge in [0.1, 0.15) is 5.75 Å². The first-order valence-electron chi connectivity index (χ1n) is 3.60. The molecular formula is C8H6N2O2S. The lowest BCUT2D eigenvalue weighted by molar-refractivity contribution is 0.394. The molecule has 13 heavy (non-hydrogen) atoms. The zero-order chi connectivity index (χ0) is 9.10. The second-order valence-electron chi connectivity index (χ2n) is 2.31. The van der Waals surface area contributed by atoms with E-state index < -0.39 is 0 Å². The van der Waals surface area contributed by atoms with E-state index in [-0.39, 0.29) is 11.8 Å². The number of hydrogen-bond acceptors (Lipinski definition) is 5. The molecule has 0 amide bonds. The number of para-hydroxylation sites is 1. The summed E-state index contributed by atoms with van der Waals surface area (Å²) in [5.41, 5.74) is 0. The summed E-state index contributed by atoms with van der Waals surface area (Å²) in [6.45, 7) is 0. The van der Waals surface area contributed by atoms with Crippen LogP contribution in [0.4, 0.5) is 0 Å². The number of aromatic nitrogens is 2. The Balaban J connectivity index is 2.20. The molecule has 66 valence electrons. The molecule has 0 fully saturated rings. The molecule has 2 rings (SSSR count). The SMILES string of the molecule is Oc1nsnc1Oc1ccccc1. The Hall–Kier alpha value is -1.62. The molecule has 0 aliphatic carbocycles. The maximum atomic E-state index is 9.12. The summed E-state index contributed by atoms with van der Waals surface area (Å²) in [6.07, 6.45) is 0. The topological polar surface area (TPSA) is 55.2 Å². The molecule has 0 spiro atoms. The summed E-state index contributed by atoms with van der Waals surface area (Å²) in [5.74, 6) is 0.607. The molecule has 0 unspecified atom stereocenters. The van der Waals surface area contributed by atoms with Crippen molar-refractivity contribution < 1.29 is 9.84 Å². The summed E-state index contributed by atoms with van der Waals surface area (Å²) >= 11 is 0.910. The Bertz CT molecular complexity index is 388. The van der Waals surface area contributed by atoms with Gasteiger partial charge >= 0.3 is 0 Å². The molecule has 0 aliphatic rings. The van der Waals surface area contributed by atoms with E-state index in [4.69, 9.17) is 9.84 Å². The van der Waals surface area contributed by atoms with Crippen molar-refractivity contribution in [1.82, 2.24) is 8.75 Å². The highest BCUT2D eigenvalue weighted by atomic mass is 32.1. The van der Waals surface area contributed by atoms with Crippen molar-refractivity contribution >= 4 is 11.7 Å². The van der Waals surface area contributed by atoms with Crippen molar-refractivity contribution in [1.29, 1.82) is 0 Å². The van der Waals surface area contributed by atoms with E-state index >= 15 is 0 Å². The first-order chi connectivity index (χ1) is 6.36. The van der Waals surface area contributed by atoms with Crippen molar-refractivity contribution in [2.75, 3.05) is 0 Å². The van der Waals surface area contributed by atoms with Crippen molar-refractivity contribution in [3.8, 4) is 17.5 Å². The van der Waals surface area contributed by atoms with Crippen LogP contribution in [-0.4, -0.2) is 13.9 Å². The molecule has 1 aromatic carbocycles. The predicted octanol–water partition coefficient (Wildman–Crippen LogP) is 2.04. The van der Waals surface area contributed by atoms with Gasteiger partial charge in [-0.05, 0) is 12.1 Å². The van der Waals surface area contributed by atoms with E-state index in [1.165, 1.54) is 0 Å². The van der Waals surface area contributed by atoms with Gasteiger partial charge in [0.25, 0.3) is 11.8 Å². The fraction of sp³-hybridized carbons (Fsp3) is 0. The largest absolute Gasteiger partial charge is 0.489 e. The van der Waals surface area contributed by atoms with Crippen LogP contribution < -0.4 is 4.74 Å². The first-order valence-corrected chi connectivity index (χ1v) is 4.34. The fourth-order valence-electron chi connectivity index (χ4n) is 0.840. The second kappa shape index (κ2) is 3.40. The molecule has 1 N–H and O–H groups in total. The number of nitrogens with zero attached hydrogens (tertiary/aromatic N) is 2. The normalized spacial score (nSPS) is 9.85. The van der Waals surface area contributed by atoms with Gasteiger partial charge in [-0.3, -0.25) is 0 Å². The Kier molecular flexibility index (Phi) is 2.09. The summed E-state index contributed by atoms with van der Waals surface area (Å²) in [7, 11) is 0. The molecule has 2 aromatic rings. The highest BCUT2D eigenvalue weighted by molar-refractivity contribution is 6.99. The summed E-state index contributed by atoms with van der Waals surface area (Å²) < 4.78 is 12.6. The predicted molar refractivity (Wildman–Crippen MR) is 48.1 cm³/mol. The van der Waals surface area contributed by atoms with Crippen LogP contribution in [0.5, 0.6) is 17.5 Å². The molecule has 5 heteroatoms. The standard InChI is InChI=1S/C8H6N2O2S/c11-7-8(10-13-9-7)12-6-4-2-1-3-5-6/h1-5H,(H,9,11). The van der Waals surface area contributed by atoms with E-state index in [0.717, 1.165) is 11.7 Å². The van der Waals surface area contributed by atoms with Crippen molar-refractivity contribution in [2.45, 2.75) is 0 Å². The molecule has 0 saturated heterocycles. The minimum absolute atomic E-state index is 0.149. The average Bonchev–Trinajstić information content (AvgIpc) is 2.54. The first kappa shape index (κ1) is 8.00. The Morgan fingerprint density at radius 1 is 1.15 bits per heavy atom. The lowest BCUT2D eigenvalue weighted by Gasteiger charge is -1.99. The van der Waals surface area contributed by atoms with Crippen LogP contribution in [0.15, 0.2) is 30.3 Å². The van der Waals surface area contributed by atoms with E-state index in [1.54, 1.807) is 12.1 Å². The minimum Gasteiger partial charge on any atom is -0.489 e. The minimum atomic E-state index is -0.172. The lowest BCUT2D eigenvalue weighted by atomic mass is 10.3. The molecule has 1 aromatic heterocycles. The van der Waals surface area contributed by atoms with E-state index in [2.05, 4.69) is 8.75 Å². The van der Waals surface area contributed by atoms with Gasteiger partial charge in [0.2, 0.25) is 0 Å². The number of aromatic hydroxyl groups is 1. The monoisotopic (exact) mass is 194 g/mol. The lowest BCUT2D eigenvalue weighted by Crippen LogP contribution is -1.82. The Morgan fingerprint density at radius 2 is 1.92 bits per heavy atom. The van der Waals surface area contributed by atoms with Gasteiger partial charge in [-0.2, -0.15) is 0 Å². The van der Waals surface area contributed by atoms with E-state index in [9.17, 15) is 0 Å². The zero-order valence-electron chi connectivity index (χ0n) is 6.54. The van der Waals surface area contributed by atoms with Crippen LogP contribution in [0.2, 0.25) is 0 Å². The zero-order valence-corrected chi connectivity index (χ0v) is 7.36. The van der Waals surface area contributed by atoms with Crippen molar-refractivity contribution in [3.05, 3.63) is 30.3 Å². The van der Waals surface area contributed by atoms with Crippen LogP contribution in [-0.2, 0) is 0 Å². The van der Waals surface area contributed by atoms with Gasteiger partial charge in [-0.15, -0.1) is 8.75 Å². The quantitative estimate of drug-likeness (QED) is 0.794. The fourth-order valence-corrected chi connectivity index (χ4v) is 1.23. The number of rotatable bonds is 2. The maximum Gasteiger partial charge on any atom is 0.296 e. The smallest absolute Gasteiger partial charge is 0.296 e. The van der Waals surface area contributed by atoms with Crippen LogP contribution in [0, 0.1) is 0 Å². The van der Waals surface area contributed by atoms with Gasteiger partial charge in [-0.25, -0.2) is 0 Å². The summed E-state index contributed by atoms with van der Waals surface area (Å²) in [4.78, 5) is 0. The van der Waals surface area contributed by atoms with E-state index in [0.29, 0.717) is 5.75 Å². The van der Waals surface area contributed by atoms with E-state index in [1.807, 2.05) is 18.2 Å². The molecule has 0 bridgehead atoms. The van der Waals surface area contributed by atoms with Crippen molar-refractivity contribution in [3.63, 3.8) is 0 Å². The second-order valence-corrected chi connectivity index (χ2v) is 2.84. The van der Waals surface area contributed by atoms with Gasteiger partial charge in [0.15, 0.2) is 0 Å². The number of hydrogen-bond donors (Lipinski definition) is 1. The Morgan fingerprint density at radius 3 is 2.54 bits per heavy atom. The third kappa shape index (κ3) is 1.75. The van der Waals surface area contributed by atoms with Gasteiger partial charge < -0.3 is 9.84 Å². The molecule has 0 aliphatic heterocycles. The number of benzene rings is 1. The molecule has 0 saturated carbocycles. The van der Waals surface area contributed by atoms with Crippen LogP contribution >= 0.6 is 11.7 Å². The third-order valence-electron chi connectivity index (χ3n) is 1.40. The van der Waals surface area contributed by atoms with Crippen LogP contribution in [0.25, 0.3) is 0 Å².